The van der Waals surface area contributed by atoms with Gasteiger partial charge in [-0.2, -0.15) is 0 Å². The lowest BCUT2D eigenvalue weighted by atomic mass is 9.91. The SMILES string of the molecule is CCS(=O)CCCCCCCCCCCCCCCOCCCC(C)(C)C. The monoisotopic (exact) mass is 402 g/mol. The molecule has 3 heteroatoms. The van der Waals surface area contributed by atoms with Gasteiger partial charge in [0.15, 0.2) is 0 Å². The largest absolute Gasteiger partial charge is 0.381 e. The molecule has 164 valence electrons. The molecule has 0 spiro atoms. The fourth-order valence-corrected chi connectivity index (χ4v) is 4.18. The molecule has 0 saturated heterocycles. The van der Waals surface area contributed by atoms with Crippen LogP contribution in [-0.2, 0) is 15.5 Å². The minimum absolute atomic E-state index is 0.445. The van der Waals surface area contributed by atoms with Gasteiger partial charge in [-0.15, -0.1) is 0 Å². The van der Waals surface area contributed by atoms with Crippen molar-refractivity contribution in [2.24, 2.45) is 5.41 Å². The molecule has 0 aliphatic rings. The second kappa shape index (κ2) is 19.4. The Labute approximate surface area is 174 Å². The summed E-state index contributed by atoms with van der Waals surface area (Å²) in [7, 11) is -0.555. The summed E-state index contributed by atoms with van der Waals surface area (Å²) in [6, 6.07) is 0. The van der Waals surface area contributed by atoms with Crippen molar-refractivity contribution in [1.82, 2.24) is 0 Å². The third-order valence-electron chi connectivity index (χ3n) is 5.20. The Kier molecular flexibility index (Phi) is 19.5. The van der Waals surface area contributed by atoms with Crippen LogP contribution in [0.3, 0.4) is 0 Å². The van der Waals surface area contributed by atoms with Gasteiger partial charge in [0.05, 0.1) is 0 Å². The highest BCUT2D eigenvalue weighted by Crippen LogP contribution is 2.20. The molecule has 27 heavy (non-hydrogen) atoms. The summed E-state index contributed by atoms with van der Waals surface area (Å²) in [4.78, 5) is 0. The van der Waals surface area contributed by atoms with Gasteiger partial charge in [0, 0.05) is 35.5 Å². The third kappa shape index (κ3) is 24.1. The van der Waals surface area contributed by atoms with Crippen LogP contribution >= 0.6 is 0 Å². The van der Waals surface area contributed by atoms with Crippen LogP contribution in [0.1, 0.15) is 124 Å². The van der Waals surface area contributed by atoms with Gasteiger partial charge in [-0.1, -0.05) is 98.3 Å². The van der Waals surface area contributed by atoms with Crippen LogP contribution in [0.15, 0.2) is 0 Å². The average Bonchev–Trinajstić information content (AvgIpc) is 2.62. The van der Waals surface area contributed by atoms with Crippen molar-refractivity contribution in [3.63, 3.8) is 0 Å². The Morgan fingerprint density at radius 2 is 1.04 bits per heavy atom. The van der Waals surface area contributed by atoms with Gasteiger partial charge in [-0.05, 0) is 31.1 Å². The summed E-state index contributed by atoms with van der Waals surface area (Å²) >= 11 is 0. The van der Waals surface area contributed by atoms with Gasteiger partial charge in [0.2, 0.25) is 0 Å². The molecule has 0 aliphatic carbocycles. The van der Waals surface area contributed by atoms with Crippen molar-refractivity contribution in [3.8, 4) is 0 Å². The zero-order valence-corrected chi connectivity index (χ0v) is 20.0. The van der Waals surface area contributed by atoms with E-state index in [9.17, 15) is 4.21 Å². The zero-order valence-electron chi connectivity index (χ0n) is 19.2. The first kappa shape index (κ1) is 27.1. The molecule has 0 amide bonds. The molecule has 0 aliphatic heterocycles. The summed E-state index contributed by atoms with van der Waals surface area (Å²) in [5.41, 5.74) is 0.445. The Morgan fingerprint density at radius 3 is 1.48 bits per heavy atom. The van der Waals surface area contributed by atoms with Crippen molar-refractivity contribution in [3.05, 3.63) is 0 Å². The fourth-order valence-electron chi connectivity index (χ4n) is 3.36. The van der Waals surface area contributed by atoms with E-state index < -0.39 is 10.8 Å². The van der Waals surface area contributed by atoms with Crippen LogP contribution in [0.5, 0.6) is 0 Å². The van der Waals surface area contributed by atoms with Crippen molar-refractivity contribution in [2.45, 2.75) is 124 Å². The number of hydrogen-bond acceptors (Lipinski definition) is 2. The van der Waals surface area contributed by atoms with Crippen molar-refractivity contribution in [2.75, 3.05) is 24.7 Å². The van der Waals surface area contributed by atoms with Crippen molar-refractivity contribution < 1.29 is 8.95 Å². The quantitative estimate of drug-likeness (QED) is 0.195. The maximum Gasteiger partial charge on any atom is 0.0466 e. The molecule has 0 radical (unpaired) electrons. The Morgan fingerprint density at radius 1 is 0.630 bits per heavy atom. The first-order valence-corrected chi connectivity index (χ1v) is 13.4. The maximum absolute atomic E-state index is 11.3. The predicted octanol–water partition coefficient (Wildman–Crippen LogP) is 7.67. The summed E-state index contributed by atoms with van der Waals surface area (Å²) in [5.74, 6) is 1.74. The summed E-state index contributed by atoms with van der Waals surface area (Å²) < 4.78 is 17.1. The molecule has 0 saturated carbocycles. The Bertz CT molecular complexity index is 323. The molecule has 0 aromatic heterocycles. The number of hydrogen-bond donors (Lipinski definition) is 0. The van der Waals surface area contributed by atoms with E-state index in [1.54, 1.807) is 0 Å². The highest BCUT2D eigenvalue weighted by Gasteiger charge is 2.08. The molecule has 1 atom stereocenters. The first-order chi connectivity index (χ1) is 13.0. The van der Waals surface area contributed by atoms with E-state index in [1.165, 1.54) is 89.9 Å². The smallest absolute Gasteiger partial charge is 0.0466 e. The third-order valence-corrected chi connectivity index (χ3v) is 6.59. The lowest BCUT2D eigenvalue weighted by molar-refractivity contribution is 0.118. The molecule has 1 unspecified atom stereocenters. The van der Waals surface area contributed by atoms with E-state index in [4.69, 9.17) is 4.74 Å². The van der Waals surface area contributed by atoms with Gasteiger partial charge in [-0.3, -0.25) is 4.21 Å². The van der Waals surface area contributed by atoms with Gasteiger partial charge in [0.1, 0.15) is 0 Å². The van der Waals surface area contributed by atoms with E-state index >= 15 is 0 Å². The summed E-state index contributed by atoms with van der Waals surface area (Å²) in [6.07, 6.45) is 20.0. The summed E-state index contributed by atoms with van der Waals surface area (Å²) in [5, 5.41) is 0. The molecule has 0 aromatic rings. The van der Waals surface area contributed by atoms with Crippen LogP contribution in [0, 0.1) is 5.41 Å². The molecule has 0 aromatic carbocycles. The molecule has 2 nitrogen and oxygen atoms in total. The molecule has 0 bridgehead atoms. The van der Waals surface area contributed by atoms with Gasteiger partial charge in [0.25, 0.3) is 0 Å². The molecule has 0 rings (SSSR count). The second-order valence-corrected chi connectivity index (χ2v) is 11.2. The highest BCUT2D eigenvalue weighted by atomic mass is 32.2. The number of unbranched alkanes of at least 4 members (excludes halogenated alkanes) is 12. The molecule has 0 fully saturated rings. The van der Waals surface area contributed by atoms with E-state index in [1.807, 2.05) is 6.92 Å². The van der Waals surface area contributed by atoms with Crippen LogP contribution in [0.4, 0.5) is 0 Å². The van der Waals surface area contributed by atoms with Crippen LogP contribution in [0.25, 0.3) is 0 Å². The minimum Gasteiger partial charge on any atom is -0.381 e. The van der Waals surface area contributed by atoms with Gasteiger partial charge < -0.3 is 4.74 Å². The van der Waals surface area contributed by atoms with Crippen molar-refractivity contribution in [1.29, 1.82) is 0 Å². The zero-order chi connectivity index (χ0) is 20.2. The van der Waals surface area contributed by atoms with Crippen LogP contribution in [-0.4, -0.2) is 28.9 Å². The fraction of sp³-hybridized carbons (Fsp3) is 1.00. The average molecular weight is 403 g/mol. The van der Waals surface area contributed by atoms with E-state index in [0.29, 0.717) is 5.41 Å². The molecule has 0 heterocycles. The molecular formula is C24H50O2S. The minimum atomic E-state index is -0.555. The topological polar surface area (TPSA) is 26.3 Å². The van der Waals surface area contributed by atoms with Gasteiger partial charge >= 0.3 is 0 Å². The van der Waals surface area contributed by atoms with Crippen molar-refractivity contribution >= 4 is 10.8 Å². The maximum atomic E-state index is 11.3. The first-order valence-electron chi connectivity index (χ1n) is 11.9. The molecule has 0 N–H and O–H groups in total. The Hall–Kier alpha value is 0.110. The number of ether oxygens (including phenoxy) is 1. The standard InChI is InChI=1S/C24H50O2S/c1-5-27(25)23-18-16-14-12-10-8-6-7-9-11-13-15-17-21-26-22-19-20-24(2,3)4/h5-23H2,1-4H3. The van der Waals surface area contributed by atoms with E-state index in [0.717, 1.165) is 31.1 Å². The van der Waals surface area contributed by atoms with E-state index in [-0.39, 0.29) is 0 Å². The highest BCUT2D eigenvalue weighted by molar-refractivity contribution is 7.84. The molecular weight excluding hydrogens is 352 g/mol. The lowest BCUT2D eigenvalue weighted by Crippen LogP contribution is -2.07. The Balaban J connectivity index is 3.06. The lowest BCUT2D eigenvalue weighted by Gasteiger charge is -2.17. The second-order valence-electron chi connectivity index (χ2n) is 9.31. The van der Waals surface area contributed by atoms with Gasteiger partial charge in [-0.25, -0.2) is 0 Å². The summed E-state index contributed by atoms with van der Waals surface area (Å²) in [6.45, 7) is 10.8. The number of rotatable bonds is 20. The van der Waals surface area contributed by atoms with Crippen LogP contribution < -0.4 is 0 Å². The predicted molar refractivity (Wildman–Crippen MR) is 123 cm³/mol. The van der Waals surface area contributed by atoms with Crippen LogP contribution in [0.2, 0.25) is 0 Å². The normalized spacial score (nSPS) is 13.2. The van der Waals surface area contributed by atoms with E-state index in [2.05, 4.69) is 20.8 Å².